The second kappa shape index (κ2) is 5.92. The smallest absolute Gasteiger partial charge is 0.271 e. The van der Waals surface area contributed by atoms with E-state index in [-0.39, 0.29) is 5.91 Å². The Hall–Kier alpha value is -2.08. The van der Waals surface area contributed by atoms with Crippen LogP contribution in [0.5, 0.6) is 11.5 Å². The molecule has 0 bridgehead atoms. The zero-order valence-electron chi connectivity index (χ0n) is 10.8. The van der Waals surface area contributed by atoms with E-state index in [0.717, 1.165) is 23.5 Å². The molecule has 2 aromatic rings. The summed E-state index contributed by atoms with van der Waals surface area (Å²) < 4.78 is 11.3. The molecule has 1 aromatic carbocycles. The second-order valence-electron chi connectivity index (χ2n) is 4.35. The molecule has 1 aliphatic heterocycles. The van der Waals surface area contributed by atoms with Crippen molar-refractivity contribution in [1.29, 1.82) is 0 Å². The second-order valence-corrected chi connectivity index (χ2v) is 5.07. The summed E-state index contributed by atoms with van der Waals surface area (Å²) in [5, 5.41) is 4.56. The van der Waals surface area contributed by atoms with Gasteiger partial charge in [-0.05, 0) is 6.07 Å². The first-order valence-corrected chi connectivity index (χ1v) is 7.33. The van der Waals surface area contributed by atoms with Crippen molar-refractivity contribution in [2.75, 3.05) is 13.2 Å². The van der Waals surface area contributed by atoms with Crippen LogP contribution in [0.25, 0.3) is 0 Å². The minimum atomic E-state index is -0.182. The van der Waals surface area contributed by atoms with Crippen molar-refractivity contribution in [1.82, 2.24) is 10.3 Å². The number of rotatable bonds is 3. The minimum absolute atomic E-state index is 0.182. The summed E-state index contributed by atoms with van der Waals surface area (Å²) in [5.41, 5.74) is 2.99. The van der Waals surface area contributed by atoms with Crippen molar-refractivity contribution in [2.24, 2.45) is 0 Å². The molecule has 2 heterocycles. The van der Waals surface area contributed by atoms with E-state index in [9.17, 15) is 4.79 Å². The van der Waals surface area contributed by atoms with Gasteiger partial charge >= 0.3 is 0 Å². The Morgan fingerprint density at radius 2 is 2.25 bits per heavy atom. The van der Waals surface area contributed by atoms with Gasteiger partial charge in [0, 0.05) is 23.9 Å². The van der Waals surface area contributed by atoms with E-state index >= 15 is 0 Å². The number of carbonyl (C=O) groups excluding carboxylic acids is 1. The predicted octanol–water partition coefficient (Wildman–Crippen LogP) is 2.23. The third-order valence-corrected chi connectivity index (χ3v) is 3.54. The van der Waals surface area contributed by atoms with Crippen molar-refractivity contribution < 1.29 is 14.3 Å². The highest BCUT2D eigenvalue weighted by Gasteiger charge is 2.15. The molecule has 0 unspecified atom stereocenters. The summed E-state index contributed by atoms with van der Waals surface area (Å²) in [6, 6.07) is 5.71. The molecule has 6 heteroatoms. The molecular weight excluding hydrogens is 276 g/mol. The number of nitrogens with zero attached hydrogens (tertiary/aromatic N) is 1. The number of carbonyl (C=O) groups is 1. The summed E-state index contributed by atoms with van der Waals surface area (Å²) >= 11 is 1.40. The van der Waals surface area contributed by atoms with Crippen molar-refractivity contribution in [3.05, 3.63) is 40.3 Å². The van der Waals surface area contributed by atoms with E-state index in [1.54, 1.807) is 10.9 Å². The molecule has 20 heavy (non-hydrogen) atoms. The first-order chi connectivity index (χ1) is 9.84. The molecule has 1 aromatic heterocycles. The molecule has 1 aliphatic rings. The van der Waals surface area contributed by atoms with E-state index in [2.05, 4.69) is 10.3 Å². The molecular formula is C14H14N2O3S. The fourth-order valence-corrected chi connectivity index (χ4v) is 2.52. The summed E-state index contributed by atoms with van der Waals surface area (Å²) in [6.07, 6.45) is 0.860. The third-order valence-electron chi connectivity index (χ3n) is 2.96. The Balaban J connectivity index is 1.73. The molecule has 0 radical (unpaired) electrons. The van der Waals surface area contributed by atoms with Crippen LogP contribution in [0.2, 0.25) is 0 Å². The highest BCUT2D eigenvalue weighted by atomic mass is 32.1. The van der Waals surface area contributed by atoms with Gasteiger partial charge in [0.05, 0.1) is 18.7 Å². The van der Waals surface area contributed by atoms with Crippen molar-refractivity contribution in [3.63, 3.8) is 0 Å². The van der Waals surface area contributed by atoms with E-state index in [1.165, 1.54) is 11.3 Å². The molecule has 0 saturated heterocycles. The van der Waals surface area contributed by atoms with Crippen molar-refractivity contribution >= 4 is 17.2 Å². The quantitative estimate of drug-likeness (QED) is 0.941. The third kappa shape index (κ3) is 2.75. The Bertz CT molecular complexity index is 598. The number of nitrogens with one attached hydrogen (secondary N) is 1. The van der Waals surface area contributed by atoms with Gasteiger partial charge in [-0.15, -0.1) is 11.3 Å². The average molecular weight is 290 g/mol. The van der Waals surface area contributed by atoms with E-state index in [1.807, 2.05) is 18.2 Å². The van der Waals surface area contributed by atoms with Gasteiger partial charge in [0.15, 0.2) is 11.5 Å². The van der Waals surface area contributed by atoms with E-state index in [0.29, 0.717) is 25.5 Å². The largest absolute Gasteiger partial charge is 0.490 e. The molecule has 0 aliphatic carbocycles. The molecule has 1 N–H and O–H groups in total. The maximum absolute atomic E-state index is 11.9. The number of fused-ring (bicyclic) bond motifs is 1. The fraction of sp³-hybridized carbons (Fsp3) is 0.286. The van der Waals surface area contributed by atoms with Crippen LogP contribution in [0, 0.1) is 0 Å². The number of hydrogen-bond donors (Lipinski definition) is 1. The van der Waals surface area contributed by atoms with Gasteiger partial charge in [-0.1, -0.05) is 12.1 Å². The maximum Gasteiger partial charge on any atom is 0.271 e. The first kappa shape index (κ1) is 12.9. The molecule has 3 rings (SSSR count). The summed E-state index contributed by atoms with van der Waals surface area (Å²) in [5.74, 6) is 1.28. The molecule has 0 saturated carbocycles. The highest BCUT2D eigenvalue weighted by molar-refractivity contribution is 7.07. The first-order valence-electron chi connectivity index (χ1n) is 6.38. The molecule has 0 atom stereocenters. The van der Waals surface area contributed by atoms with Gasteiger partial charge in [-0.25, -0.2) is 4.98 Å². The number of aromatic nitrogens is 1. The standard InChI is InChI=1S/C14H14N2O3S/c17-14(11-8-20-9-16-11)15-7-10-3-1-4-12-13(10)19-6-2-5-18-12/h1,3-4,8-9H,2,5-7H2,(H,15,17). The summed E-state index contributed by atoms with van der Waals surface area (Å²) in [4.78, 5) is 15.9. The van der Waals surface area contributed by atoms with Crippen molar-refractivity contribution in [3.8, 4) is 11.5 Å². The van der Waals surface area contributed by atoms with Crippen LogP contribution < -0.4 is 14.8 Å². The van der Waals surface area contributed by atoms with Crippen LogP contribution in [-0.4, -0.2) is 24.1 Å². The van der Waals surface area contributed by atoms with Crippen LogP contribution in [0.3, 0.4) is 0 Å². The van der Waals surface area contributed by atoms with Gasteiger partial charge in [0.2, 0.25) is 0 Å². The highest BCUT2D eigenvalue weighted by Crippen LogP contribution is 2.33. The predicted molar refractivity (Wildman–Crippen MR) is 75.3 cm³/mol. The van der Waals surface area contributed by atoms with Gasteiger partial charge in [0.1, 0.15) is 5.69 Å². The van der Waals surface area contributed by atoms with Crippen molar-refractivity contribution in [2.45, 2.75) is 13.0 Å². The number of ether oxygens (including phenoxy) is 2. The van der Waals surface area contributed by atoms with Gasteiger partial charge in [-0.2, -0.15) is 0 Å². The summed E-state index contributed by atoms with van der Waals surface area (Å²) in [6.45, 7) is 1.68. The Morgan fingerprint density at radius 1 is 1.35 bits per heavy atom. The maximum atomic E-state index is 11.9. The molecule has 1 amide bonds. The molecule has 104 valence electrons. The number of thiazole rings is 1. The zero-order valence-corrected chi connectivity index (χ0v) is 11.6. The Labute approximate surface area is 120 Å². The SMILES string of the molecule is O=C(NCc1cccc2c1OCCCO2)c1cscn1. The lowest BCUT2D eigenvalue weighted by Crippen LogP contribution is -2.23. The number of hydrogen-bond acceptors (Lipinski definition) is 5. The Kier molecular flexibility index (Phi) is 3.83. The number of amides is 1. The normalized spacial score (nSPS) is 13.6. The van der Waals surface area contributed by atoms with Gasteiger partial charge in [0.25, 0.3) is 5.91 Å². The lowest BCUT2D eigenvalue weighted by Gasteiger charge is -2.12. The van der Waals surface area contributed by atoms with Crippen LogP contribution in [0.1, 0.15) is 22.5 Å². The van der Waals surface area contributed by atoms with E-state index in [4.69, 9.17) is 9.47 Å². The molecule has 0 fully saturated rings. The van der Waals surface area contributed by atoms with Crippen LogP contribution in [0.4, 0.5) is 0 Å². The Morgan fingerprint density at radius 3 is 3.10 bits per heavy atom. The monoisotopic (exact) mass is 290 g/mol. The number of para-hydroxylation sites is 1. The summed E-state index contributed by atoms with van der Waals surface area (Å²) in [7, 11) is 0. The zero-order chi connectivity index (χ0) is 13.8. The van der Waals surface area contributed by atoms with Crippen LogP contribution in [-0.2, 0) is 6.54 Å². The fourth-order valence-electron chi connectivity index (χ4n) is 1.98. The topological polar surface area (TPSA) is 60.5 Å². The van der Waals surface area contributed by atoms with Gasteiger partial charge in [-0.3, -0.25) is 4.79 Å². The van der Waals surface area contributed by atoms with E-state index < -0.39 is 0 Å². The number of benzene rings is 1. The average Bonchev–Trinajstić information content (AvgIpc) is 2.90. The van der Waals surface area contributed by atoms with Gasteiger partial charge < -0.3 is 14.8 Å². The van der Waals surface area contributed by atoms with Crippen LogP contribution >= 0.6 is 11.3 Å². The molecule has 0 spiro atoms. The lowest BCUT2D eigenvalue weighted by molar-refractivity contribution is 0.0946. The van der Waals surface area contributed by atoms with Crippen LogP contribution in [0.15, 0.2) is 29.1 Å². The molecule has 5 nitrogen and oxygen atoms in total. The minimum Gasteiger partial charge on any atom is -0.490 e. The lowest BCUT2D eigenvalue weighted by atomic mass is 10.2.